The molecule has 7 heteroatoms. The number of nitrogens with one attached hydrogen (secondary N) is 2. The number of anilines is 1. The molecule has 0 atom stereocenters. The van der Waals surface area contributed by atoms with E-state index in [0.29, 0.717) is 0 Å². The summed E-state index contributed by atoms with van der Waals surface area (Å²) in [6, 6.07) is 12.2. The summed E-state index contributed by atoms with van der Waals surface area (Å²) in [5, 5.41) is 8.88. The topological polar surface area (TPSA) is 63.5 Å². The number of hydrogen-bond donors (Lipinski definition) is 2. The van der Waals surface area contributed by atoms with Crippen molar-refractivity contribution in [2.75, 3.05) is 18.4 Å². The molecule has 3 aromatic rings. The number of benzene rings is 1. The number of aliphatic imine (C=N–C) groups is 1. The van der Waals surface area contributed by atoms with Crippen molar-refractivity contribution in [3.63, 3.8) is 0 Å². The van der Waals surface area contributed by atoms with Crippen LogP contribution in [0.4, 0.5) is 5.69 Å². The summed E-state index contributed by atoms with van der Waals surface area (Å²) in [7, 11) is 0. The van der Waals surface area contributed by atoms with Crippen LogP contribution in [0.5, 0.6) is 5.75 Å². The normalized spacial score (nSPS) is 11.6. The lowest BCUT2D eigenvalue weighted by atomic mass is 10.3. The van der Waals surface area contributed by atoms with Gasteiger partial charge in [0.15, 0.2) is 5.96 Å². The highest BCUT2D eigenvalue weighted by Gasteiger charge is 2.03. The minimum atomic E-state index is 0.165. The molecular formula is C21H27N5OS. The molecule has 0 aliphatic rings. The number of hydrogen-bond acceptors (Lipinski definition) is 4. The maximum atomic E-state index is 5.71. The molecule has 0 saturated heterocycles. The van der Waals surface area contributed by atoms with Crippen molar-refractivity contribution in [3.8, 4) is 5.75 Å². The molecule has 0 bridgehead atoms. The molecule has 1 aromatic carbocycles. The minimum absolute atomic E-state index is 0.165. The Morgan fingerprint density at radius 3 is 2.79 bits per heavy atom. The Morgan fingerprint density at radius 2 is 2.11 bits per heavy atom. The molecule has 0 amide bonds. The first-order valence-corrected chi connectivity index (χ1v) is 10.4. The van der Waals surface area contributed by atoms with Crippen LogP contribution in [0.25, 0.3) is 0 Å². The van der Waals surface area contributed by atoms with Crippen LogP contribution in [0.15, 0.2) is 65.5 Å². The second-order valence-electron chi connectivity index (χ2n) is 6.60. The van der Waals surface area contributed by atoms with Gasteiger partial charge in [-0.25, -0.2) is 4.98 Å². The molecule has 3 rings (SSSR count). The summed E-state index contributed by atoms with van der Waals surface area (Å²) in [6.07, 6.45) is 6.66. The summed E-state index contributed by atoms with van der Waals surface area (Å²) < 4.78 is 7.74. The number of thiophene rings is 1. The van der Waals surface area contributed by atoms with Gasteiger partial charge in [-0.15, -0.1) is 11.3 Å². The van der Waals surface area contributed by atoms with Crippen molar-refractivity contribution >= 4 is 23.0 Å². The van der Waals surface area contributed by atoms with Crippen molar-refractivity contribution in [3.05, 3.63) is 65.4 Å². The molecular weight excluding hydrogens is 370 g/mol. The fourth-order valence-corrected chi connectivity index (χ4v) is 3.32. The van der Waals surface area contributed by atoms with Crippen LogP contribution in [-0.4, -0.2) is 34.7 Å². The number of guanidine groups is 1. The Bertz CT molecular complexity index is 826. The summed E-state index contributed by atoms with van der Waals surface area (Å²) in [5.41, 5.74) is 0.973. The molecule has 2 N–H and O–H groups in total. The first kappa shape index (κ1) is 19.9. The molecule has 0 unspecified atom stereocenters. The van der Waals surface area contributed by atoms with Crippen molar-refractivity contribution < 1.29 is 4.74 Å². The molecule has 148 valence electrons. The summed E-state index contributed by atoms with van der Waals surface area (Å²) in [5.74, 6) is 1.64. The highest BCUT2D eigenvalue weighted by molar-refractivity contribution is 7.09. The average Bonchev–Trinajstić information content (AvgIpc) is 3.37. The van der Waals surface area contributed by atoms with Gasteiger partial charge in [0, 0.05) is 49.0 Å². The third-order valence-electron chi connectivity index (χ3n) is 3.92. The number of ether oxygens (including phenoxy) is 1. The standard InChI is InChI=1S/C21H27N5OS/c1-17(2)27-19-7-5-18(6-8-19)25-21(23-10-9-20-4-3-15-28-20)24-12-14-26-13-11-22-16-26/h3-8,11,13,15-17H,9-10,12,14H2,1-2H3,(H2,23,24,25). The zero-order valence-electron chi connectivity index (χ0n) is 16.3. The van der Waals surface area contributed by atoms with Crippen molar-refractivity contribution in [2.45, 2.75) is 32.9 Å². The van der Waals surface area contributed by atoms with Crippen LogP contribution in [0.1, 0.15) is 18.7 Å². The van der Waals surface area contributed by atoms with Gasteiger partial charge in [-0.2, -0.15) is 0 Å². The Labute approximate surface area is 170 Å². The minimum Gasteiger partial charge on any atom is -0.491 e. The molecule has 6 nitrogen and oxygen atoms in total. The fraction of sp³-hybridized carbons (Fsp3) is 0.333. The zero-order chi connectivity index (χ0) is 19.6. The maximum absolute atomic E-state index is 5.71. The molecule has 0 spiro atoms. The van der Waals surface area contributed by atoms with E-state index in [1.807, 2.05) is 55.2 Å². The second-order valence-corrected chi connectivity index (χ2v) is 7.64. The largest absolute Gasteiger partial charge is 0.491 e. The van der Waals surface area contributed by atoms with E-state index in [1.165, 1.54) is 4.88 Å². The van der Waals surface area contributed by atoms with Crippen LogP contribution < -0.4 is 15.4 Å². The molecule has 2 heterocycles. The monoisotopic (exact) mass is 397 g/mol. The Kier molecular flexibility index (Phi) is 7.49. The van der Waals surface area contributed by atoms with Crippen LogP contribution in [0, 0.1) is 0 Å². The van der Waals surface area contributed by atoms with E-state index >= 15 is 0 Å². The van der Waals surface area contributed by atoms with E-state index in [4.69, 9.17) is 9.73 Å². The molecule has 0 aliphatic carbocycles. The lowest BCUT2D eigenvalue weighted by molar-refractivity contribution is 0.242. The zero-order valence-corrected chi connectivity index (χ0v) is 17.2. The highest BCUT2D eigenvalue weighted by Crippen LogP contribution is 2.17. The predicted octanol–water partition coefficient (Wildman–Crippen LogP) is 4.03. The number of aromatic nitrogens is 2. The quantitative estimate of drug-likeness (QED) is 0.423. The van der Waals surface area contributed by atoms with Crippen LogP contribution in [0.2, 0.25) is 0 Å². The van der Waals surface area contributed by atoms with E-state index < -0.39 is 0 Å². The smallest absolute Gasteiger partial charge is 0.195 e. The lowest BCUT2D eigenvalue weighted by Crippen LogP contribution is -2.33. The van der Waals surface area contributed by atoms with Gasteiger partial charge in [0.1, 0.15) is 5.75 Å². The van der Waals surface area contributed by atoms with Crippen molar-refractivity contribution in [1.82, 2.24) is 14.9 Å². The Hall–Kier alpha value is -2.80. The molecule has 0 fully saturated rings. The van der Waals surface area contributed by atoms with E-state index in [-0.39, 0.29) is 6.10 Å². The average molecular weight is 398 g/mol. The van der Waals surface area contributed by atoms with E-state index in [9.17, 15) is 0 Å². The van der Waals surface area contributed by atoms with Gasteiger partial charge in [-0.05, 0) is 49.6 Å². The Balaban J connectivity index is 1.58. The van der Waals surface area contributed by atoms with Gasteiger partial charge in [0.25, 0.3) is 0 Å². The maximum Gasteiger partial charge on any atom is 0.195 e. The number of imidazole rings is 1. The molecule has 0 saturated carbocycles. The van der Waals surface area contributed by atoms with Crippen LogP contribution in [0.3, 0.4) is 0 Å². The molecule has 0 radical (unpaired) electrons. The van der Waals surface area contributed by atoms with E-state index in [0.717, 1.165) is 43.5 Å². The van der Waals surface area contributed by atoms with E-state index in [2.05, 4.69) is 33.1 Å². The summed E-state index contributed by atoms with van der Waals surface area (Å²) in [4.78, 5) is 10.1. The van der Waals surface area contributed by atoms with Crippen molar-refractivity contribution in [1.29, 1.82) is 0 Å². The first-order valence-electron chi connectivity index (χ1n) is 9.49. The van der Waals surface area contributed by atoms with Crippen molar-refractivity contribution in [2.24, 2.45) is 4.99 Å². The lowest BCUT2D eigenvalue weighted by Gasteiger charge is -2.14. The number of rotatable bonds is 9. The van der Waals surface area contributed by atoms with Gasteiger partial charge in [-0.1, -0.05) is 6.07 Å². The van der Waals surface area contributed by atoms with Gasteiger partial charge in [-0.3, -0.25) is 4.99 Å². The summed E-state index contributed by atoms with van der Waals surface area (Å²) >= 11 is 1.77. The van der Waals surface area contributed by atoms with Gasteiger partial charge < -0.3 is 19.9 Å². The van der Waals surface area contributed by atoms with Crippen LogP contribution >= 0.6 is 11.3 Å². The predicted molar refractivity (Wildman–Crippen MR) is 116 cm³/mol. The Morgan fingerprint density at radius 1 is 1.25 bits per heavy atom. The highest BCUT2D eigenvalue weighted by atomic mass is 32.1. The van der Waals surface area contributed by atoms with Gasteiger partial charge >= 0.3 is 0 Å². The second kappa shape index (κ2) is 10.5. The molecule has 2 aromatic heterocycles. The van der Waals surface area contributed by atoms with Gasteiger partial charge in [0.2, 0.25) is 0 Å². The molecule has 28 heavy (non-hydrogen) atoms. The van der Waals surface area contributed by atoms with Crippen LogP contribution in [-0.2, 0) is 13.0 Å². The van der Waals surface area contributed by atoms with Gasteiger partial charge in [0.05, 0.1) is 12.4 Å². The summed E-state index contributed by atoms with van der Waals surface area (Å²) in [6.45, 7) is 6.36. The number of nitrogens with zero attached hydrogens (tertiary/aromatic N) is 3. The third kappa shape index (κ3) is 6.74. The molecule has 0 aliphatic heterocycles. The SMILES string of the molecule is CC(C)Oc1ccc(NC(=NCCc2cccs2)NCCn2ccnc2)cc1. The fourth-order valence-electron chi connectivity index (χ4n) is 2.62. The first-order chi connectivity index (χ1) is 13.7. The third-order valence-corrected chi connectivity index (χ3v) is 4.85. The van der Waals surface area contributed by atoms with E-state index in [1.54, 1.807) is 17.5 Å².